The lowest BCUT2D eigenvalue weighted by molar-refractivity contribution is 0.242. The molecule has 3 aromatic rings. The van der Waals surface area contributed by atoms with Crippen LogP contribution in [0.3, 0.4) is 0 Å². The number of pyridine rings is 1. The molecule has 29 heavy (non-hydrogen) atoms. The summed E-state index contributed by atoms with van der Waals surface area (Å²) in [5.74, 6) is 1.72. The van der Waals surface area contributed by atoms with Crippen LogP contribution >= 0.6 is 0 Å². The summed E-state index contributed by atoms with van der Waals surface area (Å²) in [6.07, 6.45) is 1.85. The summed E-state index contributed by atoms with van der Waals surface area (Å²) in [5, 5.41) is 3.08. The highest BCUT2D eigenvalue weighted by molar-refractivity contribution is 5.92. The van der Waals surface area contributed by atoms with Gasteiger partial charge < -0.3 is 20.5 Å². The Morgan fingerprint density at radius 3 is 2.52 bits per heavy atom. The minimum Gasteiger partial charge on any atom is -0.491 e. The van der Waals surface area contributed by atoms with Gasteiger partial charge in [0.05, 0.1) is 12.6 Å². The van der Waals surface area contributed by atoms with E-state index in [2.05, 4.69) is 15.3 Å². The number of rotatable bonds is 8. The smallest absolute Gasteiger partial charge is 0.213 e. The van der Waals surface area contributed by atoms with Crippen LogP contribution in [-0.4, -0.2) is 17.0 Å². The highest BCUT2D eigenvalue weighted by Gasteiger charge is 2.02. The molecule has 0 spiro atoms. The number of hydrogen-bond donors (Lipinski definition) is 2. The van der Waals surface area contributed by atoms with Crippen molar-refractivity contribution in [1.82, 2.24) is 4.98 Å². The highest BCUT2D eigenvalue weighted by atomic mass is 16.5. The van der Waals surface area contributed by atoms with Gasteiger partial charge >= 0.3 is 0 Å². The number of benzene rings is 2. The van der Waals surface area contributed by atoms with Crippen LogP contribution in [0.15, 0.2) is 77.9 Å². The van der Waals surface area contributed by atoms with E-state index in [1.807, 2.05) is 80.6 Å². The number of hydrogen-bond acceptors (Lipinski definition) is 4. The minimum atomic E-state index is 0.141. The quantitative estimate of drug-likeness (QED) is 0.441. The third-order valence-electron chi connectivity index (χ3n) is 3.96. The Balaban J connectivity index is 1.53. The summed E-state index contributed by atoms with van der Waals surface area (Å²) in [5.41, 5.74) is 8.92. The number of aromatic nitrogens is 1. The standard InChI is InChI=1S/C23H26N4O2/c1-17(2)29-21-10-8-20(9-11-21)27-23(24)26-15-19-12-13-25-22(14-19)28-16-18-6-4-3-5-7-18/h3-14,17H,15-16H2,1-2H3,(H3,24,26,27). The number of nitrogens with zero attached hydrogens (tertiary/aromatic N) is 2. The molecule has 0 saturated heterocycles. The Hall–Kier alpha value is -3.54. The van der Waals surface area contributed by atoms with Crippen LogP contribution in [0.4, 0.5) is 5.69 Å². The number of nitrogens with one attached hydrogen (secondary N) is 1. The lowest BCUT2D eigenvalue weighted by Gasteiger charge is -2.11. The second-order valence-electron chi connectivity index (χ2n) is 6.79. The number of guanidine groups is 1. The number of nitrogens with two attached hydrogens (primary N) is 1. The van der Waals surface area contributed by atoms with E-state index in [0.717, 1.165) is 22.6 Å². The van der Waals surface area contributed by atoms with Crippen molar-refractivity contribution >= 4 is 11.6 Å². The van der Waals surface area contributed by atoms with E-state index in [4.69, 9.17) is 15.2 Å². The fraction of sp³-hybridized carbons (Fsp3) is 0.217. The second kappa shape index (κ2) is 10.1. The van der Waals surface area contributed by atoms with Crippen molar-refractivity contribution in [2.75, 3.05) is 5.32 Å². The predicted octanol–water partition coefficient (Wildman–Crippen LogP) is 4.37. The van der Waals surface area contributed by atoms with Gasteiger partial charge in [-0.3, -0.25) is 0 Å². The van der Waals surface area contributed by atoms with Crippen LogP contribution in [0, 0.1) is 0 Å². The molecule has 2 aromatic carbocycles. The molecule has 1 heterocycles. The van der Waals surface area contributed by atoms with Gasteiger partial charge in [-0.2, -0.15) is 0 Å². The first-order valence-corrected chi connectivity index (χ1v) is 9.54. The van der Waals surface area contributed by atoms with Crippen LogP contribution in [0.2, 0.25) is 0 Å². The van der Waals surface area contributed by atoms with Gasteiger partial charge in [-0.1, -0.05) is 30.3 Å². The number of anilines is 1. The lowest BCUT2D eigenvalue weighted by atomic mass is 10.2. The normalized spacial score (nSPS) is 11.3. The summed E-state index contributed by atoms with van der Waals surface area (Å²) in [4.78, 5) is 8.64. The molecule has 0 amide bonds. The minimum absolute atomic E-state index is 0.141. The van der Waals surface area contributed by atoms with Crippen molar-refractivity contribution in [3.8, 4) is 11.6 Å². The first-order chi connectivity index (χ1) is 14.1. The van der Waals surface area contributed by atoms with E-state index in [9.17, 15) is 0 Å². The Bertz CT molecular complexity index is 925. The monoisotopic (exact) mass is 390 g/mol. The van der Waals surface area contributed by atoms with Crippen molar-refractivity contribution in [3.63, 3.8) is 0 Å². The average molecular weight is 390 g/mol. The molecule has 0 saturated carbocycles. The SMILES string of the molecule is CC(C)Oc1ccc(NC(N)=NCc2ccnc(OCc3ccccc3)c2)cc1. The van der Waals surface area contributed by atoms with Crippen molar-refractivity contribution in [1.29, 1.82) is 0 Å². The molecule has 0 aliphatic rings. The van der Waals surface area contributed by atoms with E-state index < -0.39 is 0 Å². The van der Waals surface area contributed by atoms with Crippen LogP contribution < -0.4 is 20.5 Å². The van der Waals surface area contributed by atoms with Crippen LogP contribution in [-0.2, 0) is 13.2 Å². The Labute approximate surface area is 171 Å². The molecule has 150 valence electrons. The van der Waals surface area contributed by atoms with Crippen LogP contribution in [0.5, 0.6) is 11.6 Å². The fourth-order valence-electron chi connectivity index (χ4n) is 2.61. The van der Waals surface area contributed by atoms with E-state index in [1.165, 1.54) is 0 Å². The predicted molar refractivity (Wildman–Crippen MR) is 116 cm³/mol. The maximum atomic E-state index is 6.01. The summed E-state index contributed by atoms with van der Waals surface area (Å²) in [6.45, 7) is 4.89. The molecule has 0 atom stereocenters. The van der Waals surface area contributed by atoms with Crippen molar-refractivity contribution in [3.05, 3.63) is 84.1 Å². The Morgan fingerprint density at radius 1 is 1.03 bits per heavy atom. The number of ether oxygens (including phenoxy) is 2. The Kier molecular flexibility index (Phi) is 7.05. The Morgan fingerprint density at radius 2 is 1.79 bits per heavy atom. The molecule has 0 aliphatic heterocycles. The molecule has 3 rings (SSSR count). The van der Waals surface area contributed by atoms with Crippen molar-refractivity contribution in [2.45, 2.75) is 33.1 Å². The van der Waals surface area contributed by atoms with Crippen molar-refractivity contribution < 1.29 is 9.47 Å². The van der Waals surface area contributed by atoms with Gasteiger partial charge in [0, 0.05) is 18.0 Å². The van der Waals surface area contributed by atoms with Gasteiger partial charge in [-0.15, -0.1) is 0 Å². The van der Waals surface area contributed by atoms with Gasteiger partial charge in [0.2, 0.25) is 5.88 Å². The highest BCUT2D eigenvalue weighted by Crippen LogP contribution is 2.17. The first kappa shape index (κ1) is 20.2. The summed E-state index contributed by atoms with van der Waals surface area (Å²) >= 11 is 0. The fourth-order valence-corrected chi connectivity index (χ4v) is 2.61. The number of aliphatic imine (C=N–C) groups is 1. The van der Waals surface area contributed by atoms with Crippen LogP contribution in [0.1, 0.15) is 25.0 Å². The molecule has 3 N–H and O–H groups in total. The molecule has 6 nitrogen and oxygen atoms in total. The molecule has 1 aromatic heterocycles. The molecule has 6 heteroatoms. The third-order valence-corrected chi connectivity index (χ3v) is 3.96. The summed E-state index contributed by atoms with van der Waals surface area (Å²) in [6, 6.07) is 21.3. The van der Waals surface area contributed by atoms with Crippen molar-refractivity contribution in [2.24, 2.45) is 10.7 Å². The molecule has 0 fully saturated rings. The maximum Gasteiger partial charge on any atom is 0.213 e. The maximum absolute atomic E-state index is 6.01. The zero-order valence-electron chi connectivity index (χ0n) is 16.7. The topological polar surface area (TPSA) is 81.8 Å². The van der Waals surface area contributed by atoms with E-state index in [0.29, 0.717) is 25.0 Å². The molecule has 0 bridgehead atoms. The van der Waals surface area contributed by atoms with E-state index >= 15 is 0 Å². The molecule has 0 radical (unpaired) electrons. The van der Waals surface area contributed by atoms with E-state index in [-0.39, 0.29) is 6.10 Å². The zero-order valence-corrected chi connectivity index (χ0v) is 16.7. The van der Waals surface area contributed by atoms with Gasteiger partial charge in [0.15, 0.2) is 5.96 Å². The van der Waals surface area contributed by atoms with Gasteiger partial charge in [0.25, 0.3) is 0 Å². The molecule has 0 unspecified atom stereocenters. The molecule has 0 aliphatic carbocycles. The average Bonchev–Trinajstić information content (AvgIpc) is 2.73. The van der Waals surface area contributed by atoms with Crippen LogP contribution in [0.25, 0.3) is 0 Å². The largest absolute Gasteiger partial charge is 0.491 e. The second-order valence-corrected chi connectivity index (χ2v) is 6.79. The zero-order chi connectivity index (χ0) is 20.5. The third kappa shape index (κ3) is 6.84. The molecular weight excluding hydrogens is 364 g/mol. The van der Waals surface area contributed by atoms with Gasteiger partial charge in [-0.05, 0) is 55.3 Å². The summed E-state index contributed by atoms with van der Waals surface area (Å²) < 4.78 is 11.4. The summed E-state index contributed by atoms with van der Waals surface area (Å²) in [7, 11) is 0. The van der Waals surface area contributed by atoms with Gasteiger partial charge in [0.1, 0.15) is 12.4 Å². The first-order valence-electron chi connectivity index (χ1n) is 9.54. The molecular formula is C23H26N4O2. The lowest BCUT2D eigenvalue weighted by Crippen LogP contribution is -2.22. The van der Waals surface area contributed by atoms with E-state index in [1.54, 1.807) is 6.20 Å². The van der Waals surface area contributed by atoms with Gasteiger partial charge in [-0.25, -0.2) is 9.98 Å².